The van der Waals surface area contributed by atoms with Gasteiger partial charge in [0.25, 0.3) is 0 Å². The number of halogens is 5. The van der Waals surface area contributed by atoms with Crippen LogP contribution in [0.4, 0.5) is 28.0 Å². The van der Waals surface area contributed by atoms with Gasteiger partial charge < -0.3 is 24.5 Å². The summed E-state index contributed by atoms with van der Waals surface area (Å²) in [6.45, 7) is -0.0203. The monoisotopic (exact) mass is 547 g/mol. The third kappa shape index (κ3) is 5.44. The van der Waals surface area contributed by atoms with Crippen molar-refractivity contribution in [2.75, 3.05) is 19.0 Å². The summed E-state index contributed by atoms with van der Waals surface area (Å²) in [5.74, 6) is -2.65. The maximum Gasteiger partial charge on any atom is 0.433 e. The summed E-state index contributed by atoms with van der Waals surface area (Å²) in [5.41, 5.74) is -0.856. The molecule has 2 N–H and O–H groups in total. The largest absolute Gasteiger partial charge is 0.497 e. The molecule has 3 heterocycles. The van der Waals surface area contributed by atoms with E-state index in [2.05, 4.69) is 25.8 Å². The second-order valence-corrected chi connectivity index (χ2v) is 8.39. The minimum atomic E-state index is -4.55. The van der Waals surface area contributed by atoms with Gasteiger partial charge in [-0.15, -0.1) is 5.10 Å². The lowest BCUT2D eigenvalue weighted by Gasteiger charge is -2.19. The van der Waals surface area contributed by atoms with Crippen LogP contribution in [0, 0.1) is 11.6 Å². The number of benzene rings is 2. The van der Waals surface area contributed by atoms with Crippen LogP contribution in [0.3, 0.4) is 0 Å². The lowest BCUT2D eigenvalue weighted by molar-refractivity contribution is -0.141. The topological polar surface area (TPSA) is 111 Å². The van der Waals surface area contributed by atoms with Crippen LogP contribution < -0.4 is 20.1 Å². The smallest absolute Gasteiger partial charge is 0.433 e. The molecule has 0 spiro atoms. The van der Waals surface area contributed by atoms with Gasteiger partial charge in [0.2, 0.25) is 11.8 Å². The van der Waals surface area contributed by atoms with Gasteiger partial charge in [-0.2, -0.15) is 13.2 Å². The Morgan fingerprint density at radius 2 is 1.69 bits per heavy atom. The van der Waals surface area contributed by atoms with Gasteiger partial charge in [-0.1, -0.05) is 5.10 Å². The molecule has 202 valence electrons. The molecule has 39 heavy (non-hydrogen) atoms. The summed E-state index contributed by atoms with van der Waals surface area (Å²) in [6, 6.07) is 8.97. The highest BCUT2D eigenvalue weighted by molar-refractivity contribution is 5.88. The maximum absolute atomic E-state index is 14.7. The number of nitrogens with one attached hydrogen (secondary N) is 2. The highest BCUT2D eigenvalue weighted by atomic mass is 19.4. The third-order valence-electron chi connectivity index (χ3n) is 5.91. The molecule has 2 atom stereocenters. The average Bonchev–Trinajstić information content (AvgIpc) is 3.51. The lowest BCUT2D eigenvalue weighted by Crippen LogP contribution is -2.33. The predicted molar refractivity (Wildman–Crippen MR) is 125 cm³/mol. The van der Waals surface area contributed by atoms with E-state index in [9.17, 15) is 26.7 Å². The van der Waals surface area contributed by atoms with Gasteiger partial charge in [-0.05, 0) is 36.4 Å². The zero-order chi connectivity index (χ0) is 27.7. The van der Waals surface area contributed by atoms with E-state index in [1.165, 1.54) is 19.2 Å². The Kier molecular flexibility index (Phi) is 6.76. The molecule has 1 aliphatic heterocycles. The molecule has 0 bridgehead atoms. The van der Waals surface area contributed by atoms with E-state index in [1.807, 2.05) is 0 Å². The number of methoxy groups -OCH3 is 1. The fraction of sp³-hybridized carbons (Fsp3) is 0.200. The highest BCUT2D eigenvalue weighted by Crippen LogP contribution is 2.34. The van der Waals surface area contributed by atoms with Crippen molar-refractivity contribution in [3.05, 3.63) is 77.6 Å². The average molecular weight is 547 g/mol. The Hall–Kier alpha value is -4.75. The molecule has 1 saturated heterocycles. The molecule has 0 aliphatic carbocycles. The van der Waals surface area contributed by atoms with Crippen LogP contribution in [-0.2, 0) is 11.0 Å². The first-order valence-electron chi connectivity index (χ1n) is 11.3. The van der Waals surface area contributed by atoms with Crippen molar-refractivity contribution in [2.45, 2.75) is 18.1 Å². The quantitative estimate of drug-likeness (QED) is 0.314. The van der Waals surface area contributed by atoms with Crippen molar-refractivity contribution in [3.63, 3.8) is 0 Å². The zero-order valence-electron chi connectivity index (χ0n) is 19.9. The molecular formula is C25H18F5N5O4. The van der Waals surface area contributed by atoms with E-state index in [1.54, 1.807) is 12.1 Å². The number of hydrogen-bond donors (Lipinski definition) is 2. The standard InChI is InChI=1S/C25H18F5N5O4/c1-37-15-8-17(26)20(18(27)9-15)16-11-32-22(36)21(16)33-24-35-34-23(39-24)12-2-4-13(5-3-12)38-14-6-7-19(31-10-14)25(28,29)30/h2-10,16,21H,11H2,1H3,(H,32,36)(H,33,35)/t16-,21-/m0/s1. The number of aromatic nitrogens is 3. The van der Waals surface area contributed by atoms with Crippen LogP contribution in [0.2, 0.25) is 0 Å². The lowest BCUT2D eigenvalue weighted by atomic mass is 9.93. The zero-order valence-corrected chi connectivity index (χ0v) is 19.9. The number of hydrogen-bond acceptors (Lipinski definition) is 8. The highest BCUT2D eigenvalue weighted by Gasteiger charge is 2.40. The molecule has 2 aromatic heterocycles. The predicted octanol–water partition coefficient (Wildman–Crippen LogP) is 4.92. The molecular weight excluding hydrogens is 529 g/mol. The van der Waals surface area contributed by atoms with E-state index < -0.39 is 41.4 Å². The molecule has 1 fully saturated rings. The second kappa shape index (κ2) is 10.2. The first kappa shape index (κ1) is 25.9. The maximum atomic E-state index is 14.7. The second-order valence-electron chi connectivity index (χ2n) is 8.39. The number of anilines is 1. The number of nitrogens with zero attached hydrogens (tertiary/aromatic N) is 3. The van der Waals surface area contributed by atoms with Crippen molar-refractivity contribution >= 4 is 11.9 Å². The van der Waals surface area contributed by atoms with Crippen LogP contribution in [0.15, 0.2) is 59.1 Å². The number of alkyl halides is 3. The van der Waals surface area contributed by atoms with Gasteiger partial charge in [-0.3, -0.25) is 4.79 Å². The van der Waals surface area contributed by atoms with Gasteiger partial charge >= 0.3 is 12.2 Å². The number of ether oxygens (including phenoxy) is 2. The Morgan fingerprint density at radius 3 is 2.31 bits per heavy atom. The summed E-state index contributed by atoms with van der Waals surface area (Å²) in [6.07, 6.45) is -3.59. The number of carbonyl (C=O) groups is 1. The van der Waals surface area contributed by atoms with Crippen LogP contribution >= 0.6 is 0 Å². The molecule has 2 aromatic carbocycles. The number of pyridine rings is 1. The normalized spacial score (nSPS) is 17.1. The molecule has 1 aliphatic rings. The molecule has 14 heteroatoms. The van der Waals surface area contributed by atoms with Crippen LogP contribution in [0.25, 0.3) is 11.5 Å². The third-order valence-corrected chi connectivity index (χ3v) is 5.91. The van der Waals surface area contributed by atoms with Gasteiger partial charge in [0.05, 0.1) is 13.3 Å². The minimum Gasteiger partial charge on any atom is -0.497 e. The summed E-state index contributed by atoms with van der Waals surface area (Å²) in [4.78, 5) is 15.8. The number of rotatable bonds is 7. The fourth-order valence-electron chi connectivity index (χ4n) is 4.03. The number of carbonyl (C=O) groups excluding carboxylic acids is 1. The van der Waals surface area contributed by atoms with E-state index >= 15 is 0 Å². The van der Waals surface area contributed by atoms with Crippen LogP contribution in [-0.4, -0.2) is 40.8 Å². The Labute approximate surface area is 217 Å². The Balaban J connectivity index is 1.28. The Morgan fingerprint density at radius 1 is 1.00 bits per heavy atom. The molecule has 0 unspecified atom stereocenters. The van der Waals surface area contributed by atoms with E-state index in [0.717, 1.165) is 30.5 Å². The molecule has 5 rings (SSSR count). The van der Waals surface area contributed by atoms with Crippen LogP contribution in [0.5, 0.6) is 17.2 Å². The summed E-state index contributed by atoms with van der Waals surface area (Å²) in [7, 11) is 1.28. The van der Waals surface area contributed by atoms with Crippen molar-refractivity contribution in [1.82, 2.24) is 20.5 Å². The minimum absolute atomic E-state index is 0.00419. The SMILES string of the molecule is COc1cc(F)c([C@@H]2CNC(=O)[C@H]2Nc2nnc(-c3ccc(Oc4ccc(C(F)(F)F)nc4)cc3)o2)c(F)c1. The van der Waals surface area contributed by atoms with E-state index in [4.69, 9.17) is 13.9 Å². The Bertz CT molecular complexity index is 1470. The van der Waals surface area contributed by atoms with Crippen LogP contribution in [0.1, 0.15) is 17.2 Å². The summed E-state index contributed by atoms with van der Waals surface area (Å²) < 4.78 is 83.3. The van der Waals surface area contributed by atoms with Gasteiger partial charge in [0, 0.05) is 35.7 Å². The fourth-order valence-corrected chi connectivity index (χ4v) is 4.03. The van der Waals surface area contributed by atoms with Gasteiger partial charge in [-0.25, -0.2) is 13.8 Å². The summed E-state index contributed by atoms with van der Waals surface area (Å²) >= 11 is 0. The van der Waals surface area contributed by atoms with Gasteiger partial charge in [0.15, 0.2) is 0 Å². The molecule has 1 amide bonds. The summed E-state index contributed by atoms with van der Waals surface area (Å²) in [5, 5.41) is 13.1. The molecule has 0 radical (unpaired) electrons. The molecule has 9 nitrogen and oxygen atoms in total. The number of amides is 1. The molecule has 0 saturated carbocycles. The first-order valence-corrected chi connectivity index (χ1v) is 11.3. The van der Waals surface area contributed by atoms with Crippen molar-refractivity contribution in [2.24, 2.45) is 0 Å². The van der Waals surface area contributed by atoms with Crippen molar-refractivity contribution in [1.29, 1.82) is 0 Å². The molecule has 4 aromatic rings. The van der Waals surface area contributed by atoms with Gasteiger partial charge in [0.1, 0.15) is 40.6 Å². The van der Waals surface area contributed by atoms with E-state index in [-0.39, 0.29) is 35.5 Å². The van der Waals surface area contributed by atoms with E-state index in [0.29, 0.717) is 11.3 Å². The van der Waals surface area contributed by atoms with Crippen molar-refractivity contribution < 1.29 is 40.6 Å². The first-order chi connectivity index (χ1) is 18.6. The van der Waals surface area contributed by atoms with Crippen molar-refractivity contribution in [3.8, 4) is 28.7 Å².